The van der Waals surface area contributed by atoms with Crippen molar-refractivity contribution in [2.75, 3.05) is 0 Å². The summed E-state index contributed by atoms with van der Waals surface area (Å²) < 4.78 is 1.31. The van der Waals surface area contributed by atoms with E-state index in [1.807, 2.05) is 13.0 Å². The molecule has 64 valence electrons. The molecule has 4 heteroatoms. The molecule has 0 unspecified atom stereocenters. The van der Waals surface area contributed by atoms with Crippen LogP contribution in [-0.2, 0) is 0 Å². The molecule has 1 aromatic rings. The average Bonchev–Trinajstić information content (AvgIpc) is 2.35. The molecule has 0 aliphatic carbocycles. The number of nitrogens with zero attached hydrogens (tertiary/aromatic N) is 1. The number of nitro groups is 1. The first-order valence-corrected chi connectivity index (χ1v) is 5.32. The van der Waals surface area contributed by atoms with Crippen LogP contribution in [0.25, 0.3) is 6.08 Å². The number of aryl methyl sites for hydroxylation is 1. The van der Waals surface area contributed by atoms with Gasteiger partial charge < -0.3 is 0 Å². The summed E-state index contributed by atoms with van der Waals surface area (Å²) >= 11 is 0.405. The van der Waals surface area contributed by atoms with Crippen LogP contribution in [0.2, 0.25) is 0 Å². The Hall–Kier alpha value is -0.861. The van der Waals surface area contributed by atoms with Gasteiger partial charge in [-0.2, -0.15) is 0 Å². The predicted octanol–water partition coefficient (Wildman–Crippen LogP) is 1.69. The van der Waals surface area contributed by atoms with Crippen molar-refractivity contribution >= 4 is 20.6 Å². The molecule has 1 aromatic heterocycles. The van der Waals surface area contributed by atoms with Gasteiger partial charge in [0.25, 0.3) is 0 Å². The molecule has 0 fully saturated rings. The Balaban J connectivity index is 2.87. The minimum absolute atomic E-state index is 0.197. The van der Waals surface area contributed by atoms with E-state index in [0.717, 1.165) is 5.56 Å². The standard InChI is InChI=1S/C8H9NO2Se/c1-6(9(10)11)3-8-4-7(2)12-5-8/h3-5H,1-2H3. The fourth-order valence-electron chi connectivity index (χ4n) is 0.833. The van der Waals surface area contributed by atoms with Gasteiger partial charge in [-0.1, -0.05) is 0 Å². The van der Waals surface area contributed by atoms with Crippen LogP contribution < -0.4 is 0 Å². The molecule has 0 radical (unpaired) electrons. The Morgan fingerprint density at radius 1 is 1.75 bits per heavy atom. The van der Waals surface area contributed by atoms with Crippen molar-refractivity contribution in [3.8, 4) is 0 Å². The van der Waals surface area contributed by atoms with Gasteiger partial charge in [-0.05, 0) is 0 Å². The molecule has 0 amide bonds. The van der Waals surface area contributed by atoms with Crippen molar-refractivity contribution in [1.82, 2.24) is 0 Å². The summed E-state index contributed by atoms with van der Waals surface area (Å²) in [4.78, 5) is 11.9. The van der Waals surface area contributed by atoms with Crippen molar-refractivity contribution in [3.05, 3.63) is 36.8 Å². The summed E-state index contributed by atoms with van der Waals surface area (Å²) in [5, 5.41) is 10.3. The van der Waals surface area contributed by atoms with Gasteiger partial charge in [-0.15, -0.1) is 0 Å². The monoisotopic (exact) mass is 231 g/mol. The summed E-state index contributed by atoms with van der Waals surface area (Å²) in [6, 6.07) is 1.99. The van der Waals surface area contributed by atoms with Gasteiger partial charge in [0.1, 0.15) is 0 Å². The van der Waals surface area contributed by atoms with Crippen molar-refractivity contribution in [2.24, 2.45) is 0 Å². The molecule has 0 N–H and O–H groups in total. The summed E-state index contributed by atoms with van der Waals surface area (Å²) in [5.41, 5.74) is 1.17. The van der Waals surface area contributed by atoms with Gasteiger partial charge in [0, 0.05) is 0 Å². The summed E-state index contributed by atoms with van der Waals surface area (Å²) in [6.45, 7) is 3.55. The first kappa shape index (κ1) is 9.23. The fraction of sp³-hybridized carbons (Fsp3) is 0.250. The predicted molar refractivity (Wildman–Crippen MR) is 48.8 cm³/mol. The number of hydrogen-bond donors (Lipinski definition) is 0. The zero-order valence-electron chi connectivity index (χ0n) is 6.90. The molecular formula is C8H9NO2Se. The fourth-order valence-corrected chi connectivity index (χ4v) is 2.22. The van der Waals surface area contributed by atoms with Crippen LogP contribution in [0.1, 0.15) is 16.9 Å². The zero-order chi connectivity index (χ0) is 9.14. The summed E-state index contributed by atoms with van der Waals surface area (Å²) in [5.74, 6) is 0. The molecule has 0 atom stereocenters. The second-order valence-electron chi connectivity index (χ2n) is 2.53. The van der Waals surface area contributed by atoms with Crippen molar-refractivity contribution in [3.63, 3.8) is 0 Å². The molecule has 0 spiro atoms. The number of rotatable bonds is 2. The van der Waals surface area contributed by atoms with Crippen molar-refractivity contribution in [2.45, 2.75) is 13.8 Å². The van der Waals surface area contributed by atoms with Gasteiger partial charge in [-0.25, -0.2) is 0 Å². The Labute approximate surface area is 76.6 Å². The SMILES string of the molecule is CC(=Cc1c[se]c(C)c1)[N+](=O)[O-]. The van der Waals surface area contributed by atoms with Crippen molar-refractivity contribution in [1.29, 1.82) is 0 Å². The summed E-state index contributed by atoms with van der Waals surface area (Å²) in [6.07, 6.45) is 1.61. The van der Waals surface area contributed by atoms with Crippen LogP contribution in [0.4, 0.5) is 0 Å². The molecule has 0 aliphatic rings. The molecule has 0 saturated heterocycles. The first-order chi connectivity index (χ1) is 5.59. The van der Waals surface area contributed by atoms with Gasteiger partial charge >= 0.3 is 76.2 Å². The topological polar surface area (TPSA) is 43.1 Å². The van der Waals surface area contributed by atoms with E-state index in [2.05, 4.69) is 4.94 Å². The Kier molecular flexibility index (Phi) is 2.84. The number of hydrogen-bond acceptors (Lipinski definition) is 2. The van der Waals surface area contributed by atoms with Crippen LogP contribution in [-0.4, -0.2) is 19.4 Å². The van der Waals surface area contributed by atoms with E-state index in [4.69, 9.17) is 0 Å². The molecule has 3 nitrogen and oxygen atoms in total. The Morgan fingerprint density at radius 3 is 2.83 bits per heavy atom. The average molecular weight is 230 g/mol. The van der Waals surface area contributed by atoms with Gasteiger partial charge in [-0.3, -0.25) is 0 Å². The first-order valence-electron chi connectivity index (χ1n) is 3.47. The molecule has 1 heterocycles. The summed E-state index contributed by atoms with van der Waals surface area (Å²) in [7, 11) is 0. The van der Waals surface area contributed by atoms with Gasteiger partial charge in [0.15, 0.2) is 0 Å². The quantitative estimate of drug-likeness (QED) is 0.440. The maximum absolute atomic E-state index is 10.3. The van der Waals surface area contributed by atoms with Gasteiger partial charge in [0.2, 0.25) is 0 Å². The molecule has 0 bridgehead atoms. The van der Waals surface area contributed by atoms with Gasteiger partial charge in [0.05, 0.1) is 0 Å². The second kappa shape index (κ2) is 3.70. The van der Waals surface area contributed by atoms with Crippen LogP contribution >= 0.6 is 0 Å². The van der Waals surface area contributed by atoms with Crippen molar-refractivity contribution < 1.29 is 4.92 Å². The Bertz CT molecular complexity index is 328. The van der Waals surface area contributed by atoms with Crippen LogP contribution in [0.15, 0.2) is 16.7 Å². The minimum atomic E-state index is -0.366. The number of allylic oxidation sites excluding steroid dienone is 1. The molecule has 0 aliphatic heterocycles. The molecule has 1 rings (SSSR count). The normalized spacial score (nSPS) is 11.7. The van der Waals surface area contributed by atoms with E-state index in [9.17, 15) is 10.1 Å². The third kappa shape index (κ3) is 2.32. The third-order valence-electron chi connectivity index (χ3n) is 1.41. The third-order valence-corrected chi connectivity index (χ3v) is 3.26. The Morgan fingerprint density at radius 2 is 2.42 bits per heavy atom. The zero-order valence-corrected chi connectivity index (χ0v) is 8.62. The van der Waals surface area contributed by atoms with Crippen LogP contribution in [0.3, 0.4) is 0 Å². The molecule has 0 saturated carbocycles. The van der Waals surface area contributed by atoms with E-state index in [1.165, 1.54) is 11.4 Å². The molecular weight excluding hydrogens is 221 g/mol. The molecule has 0 aromatic carbocycles. The van der Waals surface area contributed by atoms with Crippen LogP contribution in [0.5, 0.6) is 0 Å². The van der Waals surface area contributed by atoms with E-state index in [0.29, 0.717) is 14.5 Å². The van der Waals surface area contributed by atoms with E-state index in [-0.39, 0.29) is 10.6 Å². The van der Waals surface area contributed by atoms with E-state index < -0.39 is 0 Å². The molecule has 12 heavy (non-hydrogen) atoms. The second-order valence-corrected chi connectivity index (χ2v) is 4.87. The van der Waals surface area contributed by atoms with Crippen LogP contribution in [0, 0.1) is 17.0 Å². The van der Waals surface area contributed by atoms with E-state index in [1.54, 1.807) is 6.08 Å². The van der Waals surface area contributed by atoms with E-state index >= 15 is 0 Å². The maximum atomic E-state index is 10.3.